The molecule has 0 aliphatic carbocycles. The first-order valence-electron chi connectivity index (χ1n) is 9.16. The van der Waals surface area contributed by atoms with Crippen LogP contribution in [0.2, 0.25) is 0 Å². The van der Waals surface area contributed by atoms with E-state index in [9.17, 15) is 9.18 Å². The highest BCUT2D eigenvalue weighted by atomic mass is 32.1. The van der Waals surface area contributed by atoms with Crippen LogP contribution in [0.25, 0.3) is 0 Å². The van der Waals surface area contributed by atoms with Crippen molar-refractivity contribution in [3.05, 3.63) is 87.9 Å². The third-order valence-corrected chi connectivity index (χ3v) is 5.17. The highest BCUT2D eigenvalue weighted by Crippen LogP contribution is 2.23. The quantitative estimate of drug-likeness (QED) is 0.579. The van der Waals surface area contributed by atoms with Gasteiger partial charge in [0.15, 0.2) is 0 Å². The first-order chi connectivity index (χ1) is 13.7. The third kappa shape index (κ3) is 5.18. The maximum absolute atomic E-state index is 13.9. The van der Waals surface area contributed by atoms with Gasteiger partial charge in [-0.3, -0.25) is 4.79 Å². The van der Waals surface area contributed by atoms with E-state index < -0.39 is 0 Å². The topological polar surface area (TPSA) is 55.6 Å². The van der Waals surface area contributed by atoms with Crippen molar-refractivity contribution in [3.8, 4) is 5.75 Å². The number of para-hydroxylation sites is 1. The van der Waals surface area contributed by atoms with Crippen molar-refractivity contribution in [2.75, 3.05) is 13.1 Å². The summed E-state index contributed by atoms with van der Waals surface area (Å²) in [7, 11) is 0. The molecule has 0 radical (unpaired) electrons. The summed E-state index contributed by atoms with van der Waals surface area (Å²) >= 11 is 1.61. The van der Waals surface area contributed by atoms with Crippen LogP contribution in [0.1, 0.15) is 27.2 Å². The van der Waals surface area contributed by atoms with Crippen molar-refractivity contribution in [1.29, 1.82) is 0 Å². The number of hydrogen-bond acceptors (Lipinski definition) is 4. The second-order valence-electron chi connectivity index (χ2n) is 6.32. The molecule has 146 valence electrons. The van der Waals surface area contributed by atoms with Crippen LogP contribution in [-0.2, 0) is 13.2 Å². The second-order valence-corrected chi connectivity index (χ2v) is 7.36. The van der Waals surface area contributed by atoms with Gasteiger partial charge in [0.25, 0.3) is 5.91 Å². The van der Waals surface area contributed by atoms with E-state index in [2.05, 4.69) is 0 Å². The van der Waals surface area contributed by atoms with Crippen LogP contribution in [0.4, 0.5) is 4.39 Å². The van der Waals surface area contributed by atoms with Gasteiger partial charge in [-0.2, -0.15) is 0 Å². The summed E-state index contributed by atoms with van der Waals surface area (Å²) in [6.45, 7) is 1.66. The Morgan fingerprint density at radius 1 is 1.07 bits per heavy atom. The first kappa shape index (κ1) is 20.0. The highest BCUT2D eigenvalue weighted by Gasteiger charge is 2.20. The Bertz CT molecular complexity index is 899. The van der Waals surface area contributed by atoms with E-state index in [1.54, 1.807) is 58.7 Å². The third-order valence-electron chi connectivity index (χ3n) is 4.30. The van der Waals surface area contributed by atoms with E-state index in [4.69, 9.17) is 10.5 Å². The minimum absolute atomic E-state index is 0.0602. The fourth-order valence-corrected chi connectivity index (χ4v) is 3.56. The average molecular weight is 399 g/mol. The Kier molecular flexibility index (Phi) is 7.17. The molecule has 0 unspecified atom stereocenters. The van der Waals surface area contributed by atoms with Gasteiger partial charge in [0, 0.05) is 17.0 Å². The number of nitrogens with zero attached hydrogens (tertiary/aromatic N) is 1. The fourth-order valence-electron chi connectivity index (χ4n) is 2.84. The molecule has 28 heavy (non-hydrogen) atoms. The Morgan fingerprint density at radius 2 is 1.86 bits per heavy atom. The molecule has 0 spiro atoms. The molecule has 0 aliphatic heterocycles. The molecule has 2 N–H and O–H groups in total. The van der Waals surface area contributed by atoms with Crippen LogP contribution in [0.5, 0.6) is 5.75 Å². The van der Waals surface area contributed by atoms with Crippen molar-refractivity contribution in [1.82, 2.24) is 4.90 Å². The molecule has 0 saturated heterocycles. The monoisotopic (exact) mass is 398 g/mol. The van der Waals surface area contributed by atoms with Gasteiger partial charge in [0.1, 0.15) is 18.2 Å². The summed E-state index contributed by atoms with van der Waals surface area (Å²) in [6.07, 6.45) is 0.718. The van der Waals surface area contributed by atoms with Gasteiger partial charge in [0.2, 0.25) is 0 Å². The Labute approximate surface area is 168 Å². The zero-order valence-electron chi connectivity index (χ0n) is 15.5. The maximum Gasteiger partial charge on any atom is 0.257 e. The number of rotatable bonds is 9. The summed E-state index contributed by atoms with van der Waals surface area (Å²) in [5.41, 5.74) is 6.56. The molecule has 2 aromatic carbocycles. The standard InChI is InChI=1S/C22H23FN2O2S/c23-20-10-3-1-7-17(20)16-27-21-11-4-2-9-19(21)22(26)25(13-6-12-24)15-18-8-5-14-28-18/h1-5,7-11,14H,6,12-13,15-16,24H2. The lowest BCUT2D eigenvalue weighted by molar-refractivity contribution is 0.0739. The number of hydrogen-bond donors (Lipinski definition) is 1. The van der Waals surface area contributed by atoms with Crippen LogP contribution < -0.4 is 10.5 Å². The zero-order chi connectivity index (χ0) is 19.8. The number of nitrogens with two attached hydrogens (primary N) is 1. The summed E-state index contributed by atoms with van der Waals surface area (Å²) in [5, 5.41) is 1.99. The van der Waals surface area contributed by atoms with Crippen LogP contribution in [-0.4, -0.2) is 23.9 Å². The summed E-state index contributed by atoms with van der Waals surface area (Å²) in [6, 6.07) is 17.5. The van der Waals surface area contributed by atoms with Crippen molar-refractivity contribution >= 4 is 17.2 Å². The summed E-state index contributed by atoms with van der Waals surface area (Å²) in [5.74, 6) is -0.000704. The number of benzene rings is 2. The predicted octanol–water partition coefficient (Wildman–Crippen LogP) is 4.46. The van der Waals surface area contributed by atoms with E-state index in [1.165, 1.54) is 6.07 Å². The first-order valence-corrected chi connectivity index (χ1v) is 10.0. The van der Waals surface area contributed by atoms with Gasteiger partial charge >= 0.3 is 0 Å². The van der Waals surface area contributed by atoms with Crippen LogP contribution >= 0.6 is 11.3 Å². The van der Waals surface area contributed by atoms with E-state index >= 15 is 0 Å². The van der Waals surface area contributed by atoms with Crippen LogP contribution in [0, 0.1) is 5.82 Å². The molecule has 6 heteroatoms. The van der Waals surface area contributed by atoms with Crippen molar-refractivity contribution in [2.45, 2.75) is 19.6 Å². The van der Waals surface area contributed by atoms with Crippen molar-refractivity contribution in [3.63, 3.8) is 0 Å². The predicted molar refractivity (Wildman–Crippen MR) is 110 cm³/mol. The lowest BCUT2D eigenvalue weighted by atomic mass is 10.1. The maximum atomic E-state index is 13.9. The minimum atomic E-state index is -0.325. The zero-order valence-corrected chi connectivity index (χ0v) is 16.3. The van der Waals surface area contributed by atoms with Gasteiger partial charge in [0.05, 0.1) is 12.1 Å². The molecule has 0 saturated carbocycles. The number of carbonyl (C=O) groups is 1. The Balaban J connectivity index is 1.78. The largest absolute Gasteiger partial charge is 0.488 e. The van der Waals surface area contributed by atoms with E-state index in [0.717, 1.165) is 11.3 Å². The number of thiophene rings is 1. The van der Waals surface area contributed by atoms with Crippen LogP contribution in [0.15, 0.2) is 66.0 Å². The Morgan fingerprint density at radius 3 is 2.61 bits per heavy atom. The SMILES string of the molecule is NCCCN(Cc1cccs1)C(=O)c1ccccc1OCc1ccccc1F. The normalized spacial score (nSPS) is 10.6. The summed E-state index contributed by atoms with van der Waals surface area (Å²) in [4.78, 5) is 16.1. The lowest BCUT2D eigenvalue weighted by Crippen LogP contribution is -2.32. The fraction of sp³-hybridized carbons (Fsp3) is 0.227. The molecular weight excluding hydrogens is 375 g/mol. The average Bonchev–Trinajstić information content (AvgIpc) is 3.23. The van der Waals surface area contributed by atoms with E-state index in [0.29, 0.717) is 36.5 Å². The molecular formula is C22H23FN2O2S. The molecule has 0 bridgehead atoms. The lowest BCUT2D eigenvalue weighted by Gasteiger charge is -2.23. The summed E-state index contributed by atoms with van der Waals surface area (Å²) < 4.78 is 19.7. The minimum Gasteiger partial charge on any atom is -0.488 e. The van der Waals surface area contributed by atoms with Gasteiger partial charge in [-0.05, 0) is 42.6 Å². The highest BCUT2D eigenvalue weighted by molar-refractivity contribution is 7.09. The van der Waals surface area contributed by atoms with Gasteiger partial charge < -0.3 is 15.4 Å². The number of amides is 1. The number of carbonyl (C=O) groups excluding carboxylic acids is 1. The molecule has 0 aliphatic rings. The smallest absolute Gasteiger partial charge is 0.257 e. The number of ether oxygens (including phenoxy) is 1. The van der Waals surface area contributed by atoms with Crippen LogP contribution in [0.3, 0.4) is 0 Å². The second kappa shape index (κ2) is 10.0. The molecule has 1 aromatic heterocycles. The molecule has 0 atom stereocenters. The molecule has 3 aromatic rings. The Hall–Kier alpha value is -2.70. The van der Waals surface area contributed by atoms with Crippen molar-refractivity contribution in [2.24, 2.45) is 5.73 Å². The molecule has 3 rings (SSSR count). The molecule has 1 amide bonds. The molecule has 1 heterocycles. The molecule has 4 nitrogen and oxygen atoms in total. The van der Waals surface area contributed by atoms with E-state index in [-0.39, 0.29) is 18.3 Å². The van der Waals surface area contributed by atoms with E-state index in [1.807, 2.05) is 17.5 Å². The molecule has 0 fully saturated rings. The van der Waals surface area contributed by atoms with Gasteiger partial charge in [-0.15, -0.1) is 11.3 Å². The van der Waals surface area contributed by atoms with Gasteiger partial charge in [-0.25, -0.2) is 4.39 Å². The number of halogens is 1. The van der Waals surface area contributed by atoms with Crippen molar-refractivity contribution < 1.29 is 13.9 Å². The van der Waals surface area contributed by atoms with Gasteiger partial charge in [-0.1, -0.05) is 36.4 Å².